The van der Waals surface area contributed by atoms with Gasteiger partial charge in [0.15, 0.2) is 0 Å². The van der Waals surface area contributed by atoms with Gasteiger partial charge in [0.25, 0.3) is 0 Å². The average molecular weight is 240 g/mol. The molecule has 1 aromatic heterocycles. The van der Waals surface area contributed by atoms with Gasteiger partial charge in [0.1, 0.15) is 0 Å². The fourth-order valence-corrected chi connectivity index (χ4v) is 2.34. The van der Waals surface area contributed by atoms with Crippen LogP contribution in [0.2, 0.25) is 0 Å². The first-order valence-corrected chi connectivity index (χ1v) is 6.20. The van der Waals surface area contributed by atoms with E-state index in [-0.39, 0.29) is 0 Å². The monoisotopic (exact) mass is 240 g/mol. The molecule has 0 amide bonds. The number of nitrogens with zero attached hydrogens (tertiary/aromatic N) is 2. The molecule has 1 aliphatic heterocycles. The molecule has 0 saturated carbocycles. The van der Waals surface area contributed by atoms with Gasteiger partial charge in [-0.3, -0.25) is 0 Å². The van der Waals surface area contributed by atoms with E-state index in [1.165, 1.54) is 16.8 Å². The normalized spacial score (nSPS) is 15.5. The predicted molar refractivity (Wildman–Crippen MR) is 72.1 cm³/mol. The molecular weight excluding hydrogens is 224 g/mol. The molecule has 0 atom stereocenters. The molecule has 0 spiro atoms. The molecule has 0 bridgehead atoms. The van der Waals surface area contributed by atoms with Crippen LogP contribution in [0.25, 0.3) is 16.8 Å². The number of hydrogen-bond acceptors (Lipinski definition) is 2. The lowest BCUT2D eigenvalue weighted by molar-refractivity contribution is 0.161. The Hall–Kier alpha value is -1.87. The van der Waals surface area contributed by atoms with Crippen LogP contribution in [0.4, 0.5) is 0 Å². The molecule has 3 rings (SSSR count). The SMILES string of the molecule is Cn1cnc(C2=CCOCC2)c1-c1ccccc1. The van der Waals surface area contributed by atoms with E-state index in [0.717, 1.165) is 18.7 Å². The van der Waals surface area contributed by atoms with Crippen LogP contribution in [0.15, 0.2) is 42.7 Å². The number of benzene rings is 1. The van der Waals surface area contributed by atoms with Gasteiger partial charge in [-0.2, -0.15) is 0 Å². The summed E-state index contributed by atoms with van der Waals surface area (Å²) in [7, 11) is 2.04. The minimum Gasteiger partial charge on any atom is -0.377 e. The molecule has 1 aromatic carbocycles. The summed E-state index contributed by atoms with van der Waals surface area (Å²) in [4.78, 5) is 4.55. The third kappa shape index (κ3) is 1.97. The van der Waals surface area contributed by atoms with Crippen LogP contribution >= 0.6 is 0 Å². The first kappa shape index (κ1) is 11.2. The van der Waals surface area contributed by atoms with Crippen LogP contribution in [0.3, 0.4) is 0 Å². The number of imidazole rings is 1. The van der Waals surface area contributed by atoms with Crippen molar-refractivity contribution in [2.45, 2.75) is 6.42 Å². The summed E-state index contributed by atoms with van der Waals surface area (Å²) in [5, 5.41) is 0. The van der Waals surface area contributed by atoms with E-state index in [1.54, 1.807) is 0 Å². The maximum Gasteiger partial charge on any atom is 0.0955 e. The van der Waals surface area contributed by atoms with Crippen LogP contribution in [-0.2, 0) is 11.8 Å². The number of hydrogen-bond donors (Lipinski definition) is 0. The van der Waals surface area contributed by atoms with Crippen LogP contribution in [-0.4, -0.2) is 22.8 Å². The Morgan fingerprint density at radius 2 is 2.06 bits per heavy atom. The summed E-state index contributed by atoms with van der Waals surface area (Å²) in [6.45, 7) is 1.48. The predicted octanol–water partition coefficient (Wildman–Crippen LogP) is 2.89. The molecular formula is C15H16N2O. The Morgan fingerprint density at radius 3 is 2.78 bits per heavy atom. The molecule has 92 valence electrons. The number of rotatable bonds is 2. The highest BCUT2D eigenvalue weighted by atomic mass is 16.5. The average Bonchev–Trinajstić information content (AvgIpc) is 2.83. The molecule has 18 heavy (non-hydrogen) atoms. The van der Waals surface area contributed by atoms with Crippen molar-refractivity contribution in [1.29, 1.82) is 0 Å². The third-order valence-corrected chi connectivity index (χ3v) is 3.25. The first-order chi connectivity index (χ1) is 8.86. The molecule has 0 fully saturated rings. The Morgan fingerprint density at radius 1 is 1.22 bits per heavy atom. The molecule has 0 unspecified atom stereocenters. The molecule has 3 nitrogen and oxygen atoms in total. The van der Waals surface area contributed by atoms with Crippen molar-refractivity contribution >= 4 is 5.57 Å². The molecule has 0 saturated heterocycles. The maximum absolute atomic E-state index is 5.36. The zero-order chi connectivity index (χ0) is 12.4. The second kappa shape index (κ2) is 4.78. The van der Waals surface area contributed by atoms with Crippen molar-refractivity contribution < 1.29 is 4.74 Å². The molecule has 1 aliphatic rings. The van der Waals surface area contributed by atoms with Gasteiger partial charge in [0.05, 0.1) is 30.9 Å². The van der Waals surface area contributed by atoms with Gasteiger partial charge in [-0.1, -0.05) is 36.4 Å². The molecule has 0 N–H and O–H groups in total. The van der Waals surface area contributed by atoms with Crippen molar-refractivity contribution in [1.82, 2.24) is 9.55 Å². The van der Waals surface area contributed by atoms with Crippen LogP contribution in [0, 0.1) is 0 Å². The van der Waals surface area contributed by atoms with E-state index in [1.807, 2.05) is 19.4 Å². The lowest BCUT2D eigenvalue weighted by Gasteiger charge is -2.14. The summed E-state index contributed by atoms with van der Waals surface area (Å²) >= 11 is 0. The van der Waals surface area contributed by atoms with Gasteiger partial charge < -0.3 is 9.30 Å². The van der Waals surface area contributed by atoms with Crippen LogP contribution < -0.4 is 0 Å². The quantitative estimate of drug-likeness (QED) is 0.807. The van der Waals surface area contributed by atoms with Crippen molar-refractivity contribution in [2.24, 2.45) is 7.05 Å². The molecule has 3 heteroatoms. The van der Waals surface area contributed by atoms with E-state index < -0.39 is 0 Å². The zero-order valence-electron chi connectivity index (χ0n) is 10.5. The highest BCUT2D eigenvalue weighted by Gasteiger charge is 2.16. The lowest BCUT2D eigenvalue weighted by Crippen LogP contribution is -2.05. The van der Waals surface area contributed by atoms with Crippen LogP contribution in [0.5, 0.6) is 0 Å². The van der Waals surface area contributed by atoms with E-state index in [9.17, 15) is 0 Å². The highest BCUT2D eigenvalue weighted by Crippen LogP contribution is 2.30. The van der Waals surface area contributed by atoms with Crippen molar-refractivity contribution in [3.63, 3.8) is 0 Å². The Labute approximate surface area is 107 Å². The highest BCUT2D eigenvalue weighted by molar-refractivity contribution is 5.77. The Kier molecular flexibility index (Phi) is 2.99. The molecule has 2 heterocycles. The summed E-state index contributed by atoms with van der Waals surface area (Å²) in [5.41, 5.74) is 4.77. The third-order valence-electron chi connectivity index (χ3n) is 3.25. The second-order valence-corrected chi connectivity index (χ2v) is 4.47. The topological polar surface area (TPSA) is 27.1 Å². The Bertz CT molecular complexity index is 569. The zero-order valence-corrected chi connectivity index (χ0v) is 10.5. The van der Waals surface area contributed by atoms with Crippen molar-refractivity contribution in [3.8, 4) is 11.3 Å². The van der Waals surface area contributed by atoms with Gasteiger partial charge in [-0.05, 0) is 12.0 Å². The summed E-state index contributed by atoms with van der Waals surface area (Å²) < 4.78 is 7.45. The minimum atomic E-state index is 0.695. The fraction of sp³-hybridized carbons (Fsp3) is 0.267. The smallest absolute Gasteiger partial charge is 0.0955 e. The van der Waals surface area contributed by atoms with Gasteiger partial charge in [0, 0.05) is 12.6 Å². The maximum atomic E-state index is 5.36. The van der Waals surface area contributed by atoms with Gasteiger partial charge >= 0.3 is 0 Å². The summed E-state index contributed by atoms with van der Waals surface area (Å²) in [5.74, 6) is 0. The number of aryl methyl sites for hydroxylation is 1. The summed E-state index contributed by atoms with van der Waals surface area (Å²) in [6, 6.07) is 10.4. The van der Waals surface area contributed by atoms with E-state index in [4.69, 9.17) is 4.74 Å². The van der Waals surface area contributed by atoms with Gasteiger partial charge in [0.2, 0.25) is 0 Å². The standard InChI is InChI=1S/C15H16N2O/c1-17-11-16-14(12-7-9-18-10-8-12)15(17)13-5-3-2-4-6-13/h2-7,11H,8-10H2,1H3. The Balaban J connectivity index is 2.09. The largest absolute Gasteiger partial charge is 0.377 e. The molecule has 2 aromatic rings. The van der Waals surface area contributed by atoms with Crippen LogP contribution in [0.1, 0.15) is 12.1 Å². The van der Waals surface area contributed by atoms with E-state index in [0.29, 0.717) is 6.61 Å². The lowest BCUT2D eigenvalue weighted by atomic mass is 10.0. The van der Waals surface area contributed by atoms with E-state index >= 15 is 0 Å². The van der Waals surface area contributed by atoms with Crippen molar-refractivity contribution in [3.05, 3.63) is 48.4 Å². The summed E-state index contributed by atoms with van der Waals surface area (Å²) in [6.07, 6.45) is 4.96. The first-order valence-electron chi connectivity index (χ1n) is 6.20. The minimum absolute atomic E-state index is 0.695. The molecule has 0 aliphatic carbocycles. The second-order valence-electron chi connectivity index (χ2n) is 4.47. The van der Waals surface area contributed by atoms with Crippen molar-refractivity contribution in [2.75, 3.05) is 13.2 Å². The van der Waals surface area contributed by atoms with E-state index in [2.05, 4.69) is 39.9 Å². The fourth-order valence-electron chi connectivity index (χ4n) is 2.34. The van der Waals surface area contributed by atoms with Gasteiger partial charge in [-0.15, -0.1) is 0 Å². The van der Waals surface area contributed by atoms with Gasteiger partial charge in [-0.25, -0.2) is 4.98 Å². The number of ether oxygens (including phenoxy) is 1. The molecule has 0 radical (unpaired) electrons. The number of aromatic nitrogens is 2.